The summed E-state index contributed by atoms with van der Waals surface area (Å²) in [5.74, 6) is -2.76. The van der Waals surface area contributed by atoms with Gasteiger partial charge in [0, 0.05) is 34.6 Å². The standard InChI is InChI=1S/C16H22O10S/c1-7(17)22-6-12-13(23-8(2)18)14(24-9(3)19)15(25-10(4)20)16(26-12)27-11(5)21/h12-16H,6H2,1-5H3/t12?,13-,14-,15-,16+/m0/s1. The Balaban J connectivity index is 3.29. The van der Waals surface area contributed by atoms with E-state index in [1.54, 1.807) is 0 Å². The number of carbonyl (C=O) groups excluding carboxylic acids is 5. The number of thioether (sulfide) groups is 1. The lowest BCUT2D eigenvalue weighted by atomic mass is 9.99. The van der Waals surface area contributed by atoms with E-state index >= 15 is 0 Å². The Morgan fingerprint density at radius 3 is 1.67 bits per heavy atom. The van der Waals surface area contributed by atoms with Gasteiger partial charge in [0.25, 0.3) is 0 Å². The van der Waals surface area contributed by atoms with Crippen LogP contribution in [0, 0.1) is 0 Å². The van der Waals surface area contributed by atoms with E-state index in [1.165, 1.54) is 13.8 Å². The van der Waals surface area contributed by atoms with Crippen LogP contribution in [0.3, 0.4) is 0 Å². The first kappa shape index (κ1) is 22.9. The summed E-state index contributed by atoms with van der Waals surface area (Å²) in [6, 6.07) is 0. The van der Waals surface area contributed by atoms with Crippen LogP contribution in [-0.4, -0.2) is 65.5 Å². The molecule has 27 heavy (non-hydrogen) atoms. The van der Waals surface area contributed by atoms with Crippen molar-refractivity contribution in [1.82, 2.24) is 0 Å². The molecule has 152 valence electrons. The third-order valence-corrected chi connectivity index (χ3v) is 4.17. The largest absolute Gasteiger partial charge is 0.463 e. The van der Waals surface area contributed by atoms with Crippen molar-refractivity contribution in [3.63, 3.8) is 0 Å². The molecule has 0 bridgehead atoms. The summed E-state index contributed by atoms with van der Waals surface area (Å²) in [6.07, 6.45) is -4.76. The Kier molecular flexibility index (Phi) is 8.70. The van der Waals surface area contributed by atoms with Crippen LogP contribution >= 0.6 is 11.8 Å². The molecular weight excluding hydrogens is 384 g/mol. The molecule has 1 aliphatic rings. The lowest BCUT2D eigenvalue weighted by molar-refractivity contribution is -0.237. The highest BCUT2D eigenvalue weighted by molar-refractivity contribution is 8.14. The average Bonchev–Trinajstić information content (AvgIpc) is 2.49. The summed E-state index contributed by atoms with van der Waals surface area (Å²) in [5, 5.41) is -0.351. The van der Waals surface area contributed by atoms with Gasteiger partial charge >= 0.3 is 23.9 Å². The molecule has 0 saturated carbocycles. The van der Waals surface area contributed by atoms with Gasteiger partial charge in [0.15, 0.2) is 28.9 Å². The predicted octanol–water partition coefficient (Wildman–Crippen LogP) is 0.349. The van der Waals surface area contributed by atoms with Crippen molar-refractivity contribution in [2.24, 2.45) is 0 Å². The first-order chi connectivity index (χ1) is 12.5. The third-order valence-electron chi connectivity index (χ3n) is 3.23. The lowest BCUT2D eigenvalue weighted by Crippen LogP contribution is -2.61. The smallest absolute Gasteiger partial charge is 0.303 e. The van der Waals surface area contributed by atoms with E-state index in [2.05, 4.69) is 0 Å². The Morgan fingerprint density at radius 1 is 0.741 bits per heavy atom. The van der Waals surface area contributed by atoms with E-state index in [4.69, 9.17) is 23.7 Å². The van der Waals surface area contributed by atoms with E-state index in [9.17, 15) is 24.0 Å². The Hall–Kier alpha value is -2.14. The minimum Gasteiger partial charge on any atom is -0.463 e. The highest BCUT2D eigenvalue weighted by Crippen LogP contribution is 2.34. The number of rotatable bonds is 6. The predicted molar refractivity (Wildman–Crippen MR) is 90.2 cm³/mol. The van der Waals surface area contributed by atoms with Crippen molar-refractivity contribution in [1.29, 1.82) is 0 Å². The molecule has 1 rings (SSSR count). The molecule has 1 saturated heterocycles. The van der Waals surface area contributed by atoms with E-state index in [-0.39, 0.29) is 11.7 Å². The van der Waals surface area contributed by atoms with E-state index in [1.807, 2.05) is 0 Å². The zero-order valence-electron chi connectivity index (χ0n) is 15.6. The average molecular weight is 406 g/mol. The monoisotopic (exact) mass is 406 g/mol. The van der Waals surface area contributed by atoms with Gasteiger partial charge in [-0.1, -0.05) is 11.8 Å². The van der Waals surface area contributed by atoms with Crippen molar-refractivity contribution in [3.8, 4) is 0 Å². The van der Waals surface area contributed by atoms with Gasteiger partial charge in [-0.2, -0.15) is 0 Å². The van der Waals surface area contributed by atoms with Gasteiger partial charge in [-0.05, 0) is 0 Å². The maximum atomic E-state index is 11.6. The quantitative estimate of drug-likeness (QED) is 0.447. The zero-order chi connectivity index (χ0) is 20.7. The Bertz CT molecular complexity index is 604. The van der Waals surface area contributed by atoms with Crippen LogP contribution in [0.15, 0.2) is 0 Å². The molecule has 0 aromatic carbocycles. The number of hydrogen-bond acceptors (Lipinski definition) is 11. The van der Waals surface area contributed by atoms with Crippen molar-refractivity contribution in [2.45, 2.75) is 64.5 Å². The number of ether oxygens (including phenoxy) is 5. The fourth-order valence-electron chi connectivity index (χ4n) is 2.45. The van der Waals surface area contributed by atoms with Crippen LogP contribution in [0.2, 0.25) is 0 Å². The minimum atomic E-state index is -1.26. The number of carbonyl (C=O) groups is 5. The first-order valence-electron chi connectivity index (χ1n) is 7.99. The molecule has 5 atom stereocenters. The molecule has 1 fully saturated rings. The minimum absolute atomic E-state index is 0.327. The van der Waals surface area contributed by atoms with Crippen LogP contribution in [0.4, 0.5) is 0 Å². The second kappa shape index (κ2) is 10.3. The maximum Gasteiger partial charge on any atom is 0.303 e. The molecule has 0 amide bonds. The molecule has 1 unspecified atom stereocenters. The van der Waals surface area contributed by atoms with Crippen LogP contribution in [0.1, 0.15) is 34.6 Å². The van der Waals surface area contributed by atoms with Gasteiger partial charge in [-0.3, -0.25) is 24.0 Å². The molecule has 1 aliphatic heterocycles. The molecule has 0 spiro atoms. The lowest BCUT2D eigenvalue weighted by Gasteiger charge is -2.43. The Morgan fingerprint density at radius 2 is 1.22 bits per heavy atom. The summed E-state index contributed by atoms with van der Waals surface area (Å²) in [6.45, 7) is 5.51. The van der Waals surface area contributed by atoms with Crippen LogP contribution in [-0.2, 0) is 47.7 Å². The highest BCUT2D eigenvalue weighted by Gasteiger charge is 2.52. The summed E-state index contributed by atoms with van der Waals surface area (Å²) < 4.78 is 26.2. The second-order valence-electron chi connectivity index (χ2n) is 5.68. The maximum absolute atomic E-state index is 11.6. The zero-order valence-corrected chi connectivity index (χ0v) is 16.4. The first-order valence-corrected chi connectivity index (χ1v) is 8.87. The second-order valence-corrected chi connectivity index (χ2v) is 6.95. The normalized spacial score (nSPS) is 27.2. The van der Waals surface area contributed by atoms with Crippen molar-refractivity contribution >= 4 is 40.8 Å². The van der Waals surface area contributed by atoms with Gasteiger partial charge in [0.05, 0.1) is 0 Å². The van der Waals surface area contributed by atoms with Crippen LogP contribution in [0.5, 0.6) is 0 Å². The van der Waals surface area contributed by atoms with Crippen LogP contribution < -0.4 is 0 Å². The SMILES string of the molecule is CC(=O)OCC1O[C@H](SC(C)=O)[C@@H](OC(C)=O)[C@@H](OC(C)=O)[C@H]1OC(C)=O. The fourth-order valence-corrected chi connectivity index (χ4v) is 3.32. The van der Waals surface area contributed by atoms with Crippen molar-refractivity contribution in [2.75, 3.05) is 6.61 Å². The summed E-state index contributed by atoms with van der Waals surface area (Å²) in [7, 11) is 0. The third kappa shape index (κ3) is 7.55. The van der Waals surface area contributed by atoms with Gasteiger partial charge in [-0.25, -0.2) is 0 Å². The van der Waals surface area contributed by atoms with Gasteiger partial charge in [0.2, 0.25) is 0 Å². The number of hydrogen-bond donors (Lipinski definition) is 0. The molecular formula is C16H22O10S. The molecule has 0 radical (unpaired) electrons. The van der Waals surface area contributed by atoms with E-state index in [0.717, 1.165) is 20.8 Å². The Labute approximate surface area is 160 Å². The summed E-state index contributed by atoms with van der Waals surface area (Å²) in [5.41, 5.74) is -1.07. The molecule has 1 heterocycles. The molecule has 11 heteroatoms. The van der Waals surface area contributed by atoms with E-state index < -0.39 is 53.7 Å². The molecule has 10 nitrogen and oxygen atoms in total. The molecule has 0 aromatic heterocycles. The van der Waals surface area contributed by atoms with Crippen molar-refractivity contribution in [3.05, 3.63) is 0 Å². The van der Waals surface area contributed by atoms with Crippen LogP contribution in [0.25, 0.3) is 0 Å². The topological polar surface area (TPSA) is 132 Å². The summed E-state index contributed by atoms with van der Waals surface area (Å²) >= 11 is 0.705. The fraction of sp³-hybridized carbons (Fsp3) is 0.688. The van der Waals surface area contributed by atoms with Gasteiger partial charge < -0.3 is 23.7 Å². The molecule has 0 N–H and O–H groups in total. The molecule has 0 aliphatic carbocycles. The van der Waals surface area contributed by atoms with Gasteiger partial charge in [-0.15, -0.1) is 0 Å². The highest BCUT2D eigenvalue weighted by atomic mass is 32.2. The summed E-state index contributed by atoms with van der Waals surface area (Å²) in [4.78, 5) is 57.3. The van der Waals surface area contributed by atoms with Gasteiger partial charge in [0.1, 0.15) is 12.7 Å². The molecule has 0 aromatic rings. The van der Waals surface area contributed by atoms with E-state index in [0.29, 0.717) is 11.8 Å². The van der Waals surface area contributed by atoms with Crippen molar-refractivity contribution < 1.29 is 47.7 Å². The number of esters is 4.